The summed E-state index contributed by atoms with van der Waals surface area (Å²) >= 11 is 0. The summed E-state index contributed by atoms with van der Waals surface area (Å²) in [4.78, 5) is 1.50. The van der Waals surface area contributed by atoms with Gasteiger partial charge < -0.3 is 5.32 Å². The molecule has 1 N–H and O–H groups in total. The Hall–Kier alpha value is -0.360. The first-order valence-corrected chi connectivity index (χ1v) is 6.40. The van der Waals surface area contributed by atoms with Crippen molar-refractivity contribution in [1.29, 1.82) is 0 Å². The van der Waals surface area contributed by atoms with Crippen LogP contribution < -0.4 is 5.32 Å². The molecule has 6 heteroatoms. The minimum absolute atomic E-state index is 0.138. The molecular weight excluding hydrogens is 248 g/mol. The van der Waals surface area contributed by atoms with Gasteiger partial charge in [-0.15, -0.1) is 0 Å². The van der Waals surface area contributed by atoms with Gasteiger partial charge in [0.1, 0.15) is 0 Å². The van der Waals surface area contributed by atoms with Crippen molar-refractivity contribution in [3.05, 3.63) is 0 Å². The largest absolute Gasteiger partial charge is 0.319 e. The van der Waals surface area contributed by atoms with E-state index in [0.717, 1.165) is 12.8 Å². The van der Waals surface area contributed by atoms with Crippen LogP contribution in [0.25, 0.3) is 0 Å². The third kappa shape index (κ3) is 2.79. The first kappa shape index (κ1) is 14.1. The van der Waals surface area contributed by atoms with Crippen LogP contribution in [0.2, 0.25) is 0 Å². The molecule has 0 aromatic rings. The van der Waals surface area contributed by atoms with Crippen molar-refractivity contribution in [3.8, 4) is 0 Å². The molecule has 0 amide bonds. The Morgan fingerprint density at radius 2 is 2.00 bits per heavy atom. The first-order chi connectivity index (χ1) is 8.24. The van der Waals surface area contributed by atoms with E-state index in [-0.39, 0.29) is 11.6 Å². The van der Waals surface area contributed by atoms with E-state index >= 15 is 0 Å². The molecule has 2 unspecified atom stereocenters. The molecule has 2 aliphatic rings. The molecular formula is C12H20F4N2. The molecule has 1 saturated heterocycles. The molecule has 18 heavy (non-hydrogen) atoms. The summed E-state index contributed by atoms with van der Waals surface area (Å²) in [5, 5.41) is 3.38. The highest BCUT2D eigenvalue weighted by Gasteiger charge is 2.49. The molecule has 2 nitrogen and oxygen atoms in total. The topological polar surface area (TPSA) is 15.3 Å². The second-order valence-electron chi connectivity index (χ2n) is 5.89. The van der Waals surface area contributed by atoms with E-state index in [4.69, 9.17) is 0 Å². The number of piperazine rings is 1. The molecule has 1 saturated carbocycles. The molecule has 2 fully saturated rings. The number of alkyl halides is 4. The molecule has 0 spiro atoms. The number of nitrogens with one attached hydrogen (secondary N) is 1. The summed E-state index contributed by atoms with van der Waals surface area (Å²) in [6, 6.07) is -0.138. The van der Waals surface area contributed by atoms with Gasteiger partial charge in [0.2, 0.25) is 0 Å². The number of rotatable bonds is 4. The average molecular weight is 268 g/mol. The van der Waals surface area contributed by atoms with E-state index in [9.17, 15) is 17.6 Å². The fourth-order valence-corrected chi connectivity index (χ4v) is 2.69. The van der Waals surface area contributed by atoms with Crippen LogP contribution in [0.15, 0.2) is 0 Å². The van der Waals surface area contributed by atoms with E-state index in [1.54, 1.807) is 6.92 Å². The molecule has 1 heterocycles. The summed E-state index contributed by atoms with van der Waals surface area (Å²) < 4.78 is 50.9. The Labute approximate surface area is 105 Å². The Morgan fingerprint density at radius 1 is 1.39 bits per heavy atom. The lowest BCUT2D eigenvalue weighted by molar-refractivity contribution is -0.150. The van der Waals surface area contributed by atoms with Gasteiger partial charge in [-0.2, -0.15) is 8.78 Å². The first-order valence-electron chi connectivity index (χ1n) is 6.40. The summed E-state index contributed by atoms with van der Waals surface area (Å²) in [5.41, 5.74) is -0.204. The van der Waals surface area contributed by atoms with Gasteiger partial charge in [-0.3, -0.25) is 4.90 Å². The summed E-state index contributed by atoms with van der Waals surface area (Å²) in [6.45, 7) is 3.94. The summed E-state index contributed by atoms with van der Waals surface area (Å²) in [5.74, 6) is -3.43. The number of hydrogen-bond acceptors (Lipinski definition) is 2. The maximum absolute atomic E-state index is 13.2. The van der Waals surface area contributed by atoms with E-state index in [1.165, 1.54) is 4.90 Å². The summed E-state index contributed by atoms with van der Waals surface area (Å²) in [6.07, 6.45) is -1.40. The zero-order valence-electron chi connectivity index (χ0n) is 10.7. The van der Waals surface area contributed by atoms with Gasteiger partial charge in [-0.25, -0.2) is 8.78 Å². The van der Waals surface area contributed by atoms with Crippen molar-refractivity contribution in [3.63, 3.8) is 0 Å². The summed E-state index contributed by atoms with van der Waals surface area (Å²) in [7, 11) is 0. The van der Waals surface area contributed by atoms with Crippen LogP contribution >= 0.6 is 0 Å². The lowest BCUT2D eigenvalue weighted by Gasteiger charge is -2.46. The smallest absolute Gasteiger partial charge is 0.308 e. The lowest BCUT2D eigenvalue weighted by atomic mass is 9.91. The van der Waals surface area contributed by atoms with Crippen molar-refractivity contribution in [2.75, 3.05) is 19.6 Å². The van der Waals surface area contributed by atoms with E-state index < -0.39 is 18.9 Å². The van der Waals surface area contributed by atoms with Crippen molar-refractivity contribution in [1.82, 2.24) is 10.2 Å². The highest BCUT2D eigenvalue weighted by molar-refractivity contribution is 5.04. The monoisotopic (exact) mass is 268 g/mol. The van der Waals surface area contributed by atoms with Crippen molar-refractivity contribution < 1.29 is 17.6 Å². The zero-order valence-corrected chi connectivity index (χ0v) is 10.7. The highest BCUT2D eigenvalue weighted by Crippen LogP contribution is 2.41. The van der Waals surface area contributed by atoms with Gasteiger partial charge in [-0.05, 0) is 32.6 Å². The zero-order chi connectivity index (χ0) is 13.6. The van der Waals surface area contributed by atoms with Crippen molar-refractivity contribution in [2.45, 2.75) is 50.6 Å². The maximum atomic E-state index is 13.2. The molecule has 0 aromatic heterocycles. The molecule has 0 radical (unpaired) electrons. The Balaban J connectivity index is 2.01. The van der Waals surface area contributed by atoms with E-state index in [2.05, 4.69) is 5.32 Å². The molecule has 2 rings (SSSR count). The van der Waals surface area contributed by atoms with Gasteiger partial charge in [0, 0.05) is 24.7 Å². The van der Waals surface area contributed by atoms with Gasteiger partial charge in [0.05, 0.1) is 6.54 Å². The average Bonchev–Trinajstić information content (AvgIpc) is 3.07. The van der Waals surface area contributed by atoms with Gasteiger partial charge in [0.15, 0.2) is 0 Å². The molecule has 106 valence electrons. The molecule has 1 aliphatic carbocycles. The number of hydrogen-bond donors (Lipinski definition) is 1. The predicted molar refractivity (Wildman–Crippen MR) is 61.1 cm³/mol. The normalized spacial score (nSPS) is 35.2. The SMILES string of the molecule is CC1CNC(C)(C2CC2)CN1CC(F)(F)C(F)F. The van der Waals surface area contributed by atoms with Gasteiger partial charge in [-0.1, -0.05) is 0 Å². The lowest BCUT2D eigenvalue weighted by Crippen LogP contribution is -2.65. The van der Waals surface area contributed by atoms with Gasteiger partial charge >= 0.3 is 12.3 Å². The van der Waals surface area contributed by atoms with Crippen LogP contribution in [0.3, 0.4) is 0 Å². The van der Waals surface area contributed by atoms with Crippen molar-refractivity contribution >= 4 is 0 Å². The Bertz CT molecular complexity index is 304. The van der Waals surface area contributed by atoms with Crippen LogP contribution in [-0.4, -0.2) is 48.5 Å². The van der Waals surface area contributed by atoms with Crippen LogP contribution in [0.1, 0.15) is 26.7 Å². The number of nitrogens with zero attached hydrogens (tertiary/aromatic N) is 1. The maximum Gasteiger partial charge on any atom is 0.319 e. The second kappa shape index (κ2) is 4.63. The predicted octanol–water partition coefficient (Wildman–Crippen LogP) is 2.35. The minimum Gasteiger partial charge on any atom is -0.308 e. The fourth-order valence-electron chi connectivity index (χ4n) is 2.69. The third-order valence-corrected chi connectivity index (χ3v) is 4.17. The second-order valence-corrected chi connectivity index (χ2v) is 5.89. The Morgan fingerprint density at radius 3 is 2.50 bits per heavy atom. The molecule has 2 atom stereocenters. The highest BCUT2D eigenvalue weighted by atomic mass is 19.3. The van der Waals surface area contributed by atoms with Crippen LogP contribution in [-0.2, 0) is 0 Å². The van der Waals surface area contributed by atoms with E-state index in [1.807, 2.05) is 6.92 Å². The third-order valence-electron chi connectivity index (χ3n) is 4.17. The molecule has 0 aromatic carbocycles. The van der Waals surface area contributed by atoms with Crippen molar-refractivity contribution in [2.24, 2.45) is 5.92 Å². The van der Waals surface area contributed by atoms with E-state index in [0.29, 0.717) is 19.0 Å². The quantitative estimate of drug-likeness (QED) is 0.787. The Kier molecular flexibility index (Phi) is 3.62. The van der Waals surface area contributed by atoms with Crippen LogP contribution in [0.5, 0.6) is 0 Å². The minimum atomic E-state index is -3.92. The number of halogens is 4. The molecule has 0 bridgehead atoms. The van der Waals surface area contributed by atoms with Crippen LogP contribution in [0, 0.1) is 5.92 Å². The molecule has 1 aliphatic heterocycles. The standard InChI is InChI=1S/C12H20F4N2/c1-8-5-17-11(2,9-3-4-9)6-18(8)7-12(15,16)10(13)14/h8-10,17H,3-7H2,1-2H3. The fraction of sp³-hybridized carbons (Fsp3) is 1.00. The van der Waals surface area contributed by atoms with Gasteiger partial charge in [0.25, 0.3) is 0 Å². The van der Waals surface area contributed by atoms with Crippen LogP contribution in [0.4, 0.5) is 17.6 Å².